The second-order valence-corrected chi connectivity index (χ2v) is 6.58. The first kappa shape index (κ1) is 23.1. The molecule has 0 amide bonds. The fraction of sp³-hybridized carbons (Fsp3) is 0.895. The first-order chi connectivity index (χ1) is 11.6. The molecule has 2 N–H and O–H groups in total. The van der Waals surface area contributed by atoms with Crippen LogP contribution in [-0.2, 0) is 14.3 Å². The topological polar surface area (TPSA) is 75.6 Å². The normalized spacial score (nSPS) is 13.5. The smallest absolute Gasteiger partial charge is 0.305 e. The van der Waals surface area contributed by atoms with E-state index in [0.29, 0.717) is 31.7 Å². The number of aliphatic hydroxyl groups excluding tert-OH is 1. The molecule has 5 heteroatoms. The summed E-state index contributed by atoms with van der Waals surface area (Å²) in [5.41, 5.74) is 0. The summed E-state index contributed by atoms with van der Waals surface area (Å²) in [6.45, 7) is 2.98. The SMILES string of the molecule is CCCCCCC(CC=O)CCCCC(=O)OCCC(O)CNC. The second-order valence-electron chi connectivity index (χ2n) is 6.58. The van der Waals surface area contributed by atoms with Gasteiger partial charge in [0, 0.05) is 25.8 Å². The predicted molar refractivity (Wildman–Crippen MR) is 96.9 cm³/mol. The minimum absolute atomic E-state index is 0.193. The molecule has 0 aromatic carbocycles. The Labute approximate surface area is 147 Å². The van der Waals surface area contributed by atoms with Crippen LogP contribution < -0.4 is 5.32 Å². The molecule has 2 unspecified atom stereocenters. The molecule has 0 saturated carbocycles. The third kappa shape index (κ3) is 14.6. The number of hydrogen-bond acceptors (Lipinski definition) is 5. The van der Waals surface area contributed by atoms with Gasteiger partial charge in [-0.05, 0) is 19.4 Å². The molecule has 0 heterocycles. The van der Waals surface area contributed by atoms with Gasteiger partial charge in [-0.3, -0.25) is 4.79 Å². The summed E-state index contributed by atoms with van der Waals surface area (Å²) >= 11 is 0. The summed E-state index contributed by atoms with van der Waals surface area (Å²) in [5.74, 6) is 0.272. The van der Waals surface area contributed by atoms with Crippen LogP contribution in [-0.4, -0.2) is 43.7 Å². The van der Waals surface area contributed by atoms with Crippen molar-refractivity contribution in [1.29, 1.82) is 0 Å². The predicted octanol–water partition coefficient (Wildman–Crippen LogP) is 3.24. The fourth-order valence-corrected chi connectivity index (χ4v) is 2.80. The molecule has 24 heavy (non-hydrogen) atoms. The highest BCUT2D eigenvalue weighted by atomic mass is 16.5. The lowest BCUT2D eigenvalue weighted by molar-refractivity contribution is -0.144. The van der Waals surface area contributed by atoms with Crippen molar-refractivity contribution in [3.63, 3.8) is 0 Å². The van der Waals surface area contributed by atoms with Gasteiger partial charge in [0.05, 0.1) is 12.7 Å². The Morgan fingerprint density at radius 3 is 2.46 bits per heavy atom. The van der Waals surface area contributed by atoms with Crippen molar-refractivity contribution in [1.82, 2.24) is 5.32 Å². The monoisotopic (exact) mass is 343 g/mol. The fourth-order valence-electron chi connectivity index (χ4n) is 2.80. The molecule has 0 spiro atoms. The maximum atomic E-state index is 11.6. The molecule has 0 bridgehead atoms. The van der Waals surface area contributed by atoms with Crippen molar-refractivity contribution in [2.24, 2.45) is 5.92 Å². The Kier molecular flexibility index (Phi) is 16.2. The Balaban J connectivity index is 3.67. The van der Waals surface area contributed by atoms with Crippen LogP contribution in [0.3, 0.4) is 0 Å². The lowest BCUT2D eigenvalue weighted by Gasteiger charge is -2.14. The Bertz CT molecular complexity index is 310. The van der Waals surface area contributed by atoms with Crippen LogP contribution in [0.4, 0.5) is 0 Å². The van der Waals surface area contributed by atoms with Gasteiger partial charge in [-0.25, -0.2) is 0 Å². The van der Waals surface area contributed by atoms with E-state index in [1.807, 2.05) is 0 Å². The third-order valence-corrected chi connectivity index (χ3v) is 4.29. The van der Waals surface area contributed by atoms with Crippen LogP contribution in [0.15, 0.2) is 0 Å². The molecular formula is C19H37NO4. The largest absolute Gasteiger partial charge is 0.466 e. The zero-order valence-corrected chi connectivity index (χ0v) is 15.6. The molecule has 0 aliphatic rings. The van der Waals surface area contributed by atoms with Gasteiger partial charge in [0.15, 0.2) is 0 Å². The quantitative estimate of drug-likeness (QED) is 0.241. The van der Waals surface area contributed by atoms with Crippen LogP contribution >= 0.6 is 0 Å². The van der Waals surface area contributed by atoms with E-state index in [2.05, 4.69) is 12.2 Å². The van der Waals surface area contributed by atoms with Crippen molar-refractivity contribution in [2.45, 2.75) is 83.7 Å². The molecule has 5 nitrogen and oxygen atoms in total. The maximum absolute atomic E-state index is 11.6. The summed E-state index contributed by atoms with van der Waals surface area (Å²) < 4.78 is 5.12. The van der Waals surface area contributed by atoms with E-state index < -0.39 is 6.10 Å². The van der Waals surface area contributed by atoms with Gasteiger partial charge in [0.1, 0.15) is 6.29 Å². The lowest BCUT2D eigenvalue weighted by Crippen LogP contribution is -2.25. The number of ether oxygens (including phenoxy) is 1. The maximum Gasteiger partial charge on any atom is 0.305 e. The molecule has 0 rings (SSSR count). The highest BCUT2D eigenvalue weighted by molar-refractivity contribution is 5.69. The van der Waals surface area contributed by atoms with Crippen LogP contribution in [0.2, 0.25) is 0 Å². The van der Waals surface area contributed by atoms with Gasteiger partial charge in [0.25, 0.3) is 0 Å². The average Bonchev–Trinajstić information content (AvgIpc) is 2.55. The van der Waals surface area contributed by atoms with Crippen molar-refractivity contribution in [2.75, 3.05) is 20.2 Å². The summed E-state index contributed by atoms with van der Waals surface area (Å²) in [6, 6.07) is 0. The number of likely N-dealkylation sites (N-methyl/N-ethyl adjacent to an activating group) is 1. The molecule has 0 radical (unpaired) electrons. The molecule has 0 aliphatic heterocycles. The number of hydrogen-bond donors (Lipinski definition) is 2. The van der Waals surface area contributed by atoms with Crippen LogP contribution in [0.25, 0.3) is 0 Å². The van der Waals surface area contributed by atoms with Crippen molar-refractivity contribution in [3.8, 4) is 0 Å². The molecule has 0 aliphatic carbocycles. The standard InChI is InChI=1S/C19H37NO4/c1-3-4-5-6-9-17(12-14-21)10-7-8-11-19(23)24-15-13-18(22)16-20-2/h14,17-18,20,22H,3-13,15-16H2,1-2H3. The number of unbranched alkanes of at least 4 members (excludes halogenated alkanes) is 4. The first-order valence-electron chi connectivity index (χ1n) is 9.55. The van der Waals surface area contributed by atoms with Gasteiger partial charge in [-0.1, -0.05) is 51.9 Å². The molecule has 142 valence electrons. The van der Waals surface area contributed by atoms with Crippen molar-refractivity contribution < 1.29 is 19.4 Å². The zero-order valence-electron chi connectivity index (χ0n) is 15.6. The highest BCUT2D eigenvalue weighted by Gasteiger charge is 2.10. The van der Waals surface area contributed by atoms with E-state index in [-0.39, 0.29) is 12.6 Å². The number of nitrogens with one attached hydrogen (secondary N) is 1. The number of esters is 1. The second kappa shape index (κ2) is 16.9. The highest BCUT2D eigenvalue weighted by Crippen LogP contribution is 2.20. The number of carbonyl (C=O) groups excluding carboxylic acids is 2. The van der Waals surface area contributed by atoms with E-state index in [1.54, 1.807) is 7.05 Å². The summed E-state index contributed by atoms with van der Waals surface area (Å²) in [5, 5.41) is 12.4. The van der Waals surface area contributed by atoms with Crippen LogP contribution in [0.1, 0.15) is 77.6 Å². The van der Waals surface area contributed by atoms with Gasteiger partial charge < -0.3 is 20.0 Å². The van der Waals surface area contributed by atoms with Gasteiger partial charge in [-0.2, -0.15) is 0 Å². The lowest BCUT2D eigenvalue weighted by atomic mass is 9.92. The minimum Gasteiger partial charge on any atom is -0.466 e. The molecule has 0 aromatic heterocycles. The molecular weight excluding hydrogens is 306 g/mol. The van der Waals surface area contributed by atoms with E-state index in [1.165, 1.54) is 25.7 Å². The Morgan fingerprint density at radius 1 is 1.12 bits per heavy atom. The number of aldehydes is 1. The van der Waals surface area contributed by atoms with Gasteiger partial charge in [-0.15, -0.1) is 0 Å². The molecule has 0 fully saturated rings. The number of rotatable bonds is 17. The Hall–Kier alpha value is -0.940. The zero-order chi connectivity index (χ0) is 18.0. The molecule has 0 saturated heterocycles. The van der Waals surface area contributed by atoms with E-state index in [9.17, 15) is 14.7 Å². The van der Waals surface area contributed by atoms with Crippen molar-refractivity contribution in [3.05, 3.63) is 0 Å². The van der Waals surface area contributed by atoms with E-state index in [0.717, 1.165) is 32.0 Å². The Morgan fingerprint density at radius 2 is 1.83 bits per heavy atom. The van der Waals surface area contributed by atoms with Crippen LogP contribution in [0, 0.1) is 5.92 Å². The summed E-state index contributed by atoms with van der Waals surface area (Å²) in [6.07, 6.45) is 10.9. The molecule has 0 aromatic rings. The third-order valence-electron chi connectivity index (χ3n) is 4.29. The number of aliphatic hydroxyl groups is 1. The van der Waals surface area contributed by atoms with E-state index in [4.69, 9.17) is 4.74 Å². The molecule has 2 atom stereocenters. The van der Waals surface area contributed by atoms with Crippen LogP contribution in [0.5, 0.6) is 0 Å². The summed E-state index contributed by atoms with van der Waals surface area (Å²) in [4.78, 5) is 22.4. The summed E-state index contributed by atoms with van der Waals surface area (Å²) in [7, 11) is 1.77. The first-order valence-corrected chi connectivity index (χ1v) is 9.55. The number of carbonyl (C=O) groups is 2. The minimum atomic E-state index is -0.473. The van der Waals surface area contributed by atoms with E-state index >= 15 is 0 Å². The van der Waals surface area contributed by atoms with Crippen molar-refractivity contribution >= 4 is 12.3 Å². The van der Waals surface area contributed by atoms with Gasteiger partial charge in [0.2, 0.25) is 0 Å². The van der Waals surface area contributed by atoms with Gasteiger partial charge >= 0.3 is 5.97 Å². The average molecular weight is 344 g/mol.